The molecule has 3 amide bonds. The molecule has 14 rings (SSSR count). The van der Waals surface area contributed by atoms with Gasteiger partial charge in [-0.3, -0.25) is 107 Å². The lowest BCUT2D eigenvalue weighted by molar-refractivity contribution is -0.152. The molecule has 1 aliphatic carbocycles. The Bertz CT molecular complexity index is 6210. The van der Waals surface area contributed by atoms with Gasteiger partial charge >= 0.3 is 91.2 Å². The highest BCUT2D eigenvalue weighted by molar-refractivity contribution is 7.75. The number of hydrogen-bond donors (Lipinski definition) is 12. The van der Waals surface area contributed by atoms with Crippen LogP contribution >= 0.6 is 60.8 Å². The van der Waals surface area contributed by atoms with Crippen LogP contribution in [-0.2, 0) is 127 Å². The number of ketones is 1. The van der Waals surface area contributed by atoms with Crippen LogP contribution in [0, 0.1) is 22.9 Å². The maximum absolute atomic E-state index is 14.8. The third-order valence-corrected chi connectivity index (χ3v) is 39.2. The second-order valence-electron chi connectivity index (χ2n) is 32.1. The number of hydrogen-bond acceptors (Lipinski definition) is 38. The Balaban J connectivity index is 0.000000179. The highest BCUT2D eigenvalue weighted by atomic mass is 31.3. The third kappa shape index (κ3) is 25.5. The van der Waals surface area contributed by atoms with Gasteiger partial charge in [-0.1, -0.05) is 68.4 Å². The number of para-hydroxylation sites is 1. The van der Waals surface area contributed by atoms with Crippen molar-refractivity contribution in [1.82, 2.24) is 29.7 Å². The minimum atomic E-state index is -5.50. The Morgan fingerprint density at radius 3 is 1.28 bits per heavy atom. The Morgan fingerprint density at radius 1 is 0.486 bits per heavy atom. The Morgan fingerprint density at radius 2 is 0.893 bits per heavy atom. The minimum Gasteiger partial charge on any atom is -0.464 e. The van der Waals surface area contributed by atoms with Crippen molar-refractivity contribution in [2.45, 2.75) is 157 Å². The second kappa shape index (κ2) is 44.2. The van der Waals surface area contributed by atoms with Crippen LogP contribution in [0.4, 0.5) is 32.3 Å². The number of likely N-dealkylation sites (tertiary alicyclic amines) is 1. The molecule has 140 heavy (non-hydrogen) atoms. The van der Waals surface area contributed by atoms with Crippen molar-refractivity contribution in [3.05, 3.63) is 239 Å². The fraction of sp³-hybridized carbons (Fsp3) is 0.370. The molecule has 0 bridgehead atoms. The van der Waals surface area contributed by atoms with Gasteiger partial charge in [0.25, 0.3) is 20.3 Å². The molecule has 59 heteroatoms. The molecule has 0 radical (unpaired) electrons. The average molecular weight is 2130 g/mol. The highest BCUT2D eigenvalue weighted by Gasteiger charge is 2.71. The number of halogens is 3. The monoisotopic (exact) mass is 2120 g/mol. The first kappa shape index (κ1) is 111. The number of Topliss-reactive ketones (excluding diaryl/α,β-unsaturated/α-hetero) is 1. The van der Waals surface area contributed by atoms with Crippen LogP contribution in [0.25, 0.3) is 0 Å². The van der Waals surface area contributed by atoms with E-state index in [0.717, 1.165) is 36.1 Å². The number of carbonyl (C=O) groups excluding carboxylic acids is 7. The first-order valence-electron chi connectivity index (χ1n) is 41.3. The van der Waals surface area contributed by atoms with Gasteiger partial charge < -0.3 is 97.6 Å². The zero-order valence-corrected chi connectivity index (χ0v) is 81.1. The van der Waals surface area contributed by atoms with E-state index in [0.29, 0.717) is 31.2 Å². The molecule has 1 saturated carbocycles. The van der Waals surface area contributed by atoms with E-state index < -0.39 is 214 Å². The Labute approximate surface area is 791 Å². The summed E-state index contributed by atoms with van der Waals surface area (Å²) in [5, 5.41) is 30.1. The largest absolute Gasteiger partial charge is 0.514 e. The number of aliphatic hydroxyl groups is 4. The normalized spacial score (nSPS) is 30.0. The average Bonchev–Trinajstić information content (AvgIpc) is 0.782. The standard InChI is InChI=1S/C22H28N2O11P2.C21H23F2NO11P2.C20H21FN2O10P2.C18H19NO10P2/c1-3-11-24(12-13-32-16(2)25)21(26)33-19-8-6-18(7-9-19)20-34-36(28,29)22(27,37(30,31)35-20)14-17-5-4-10-23-15-17;1-3-14(25)7-12(2)32-20(26)33-15-8-16(22)18(17(23)9-15)19-34-36(28,29)21(27,37(30,31)35-19)10-13-5-4-6-24-11-13;1-19(2)11-23(17(19)24)18(25)31-13-5-6-14(15(21)8-13)16-32-34(27,28)20(26,35(29,30)33-16)9-12-4-3-7-22-10-12;20-17(26-13-7-8-13)27-15-6-2-1-5-14(15)16-28-30(22,23)18(21,31(24,25)29-16)10-12-4-3-9-19-11-12/h4-10,15,20,27H,3,11-14H2,1-2H3,(H,28,29)(H,30,31);4-6,8-9,11-12,19,27H,3,7,10H2,1-2H3,(H,28,29)(H,30,31);3-8,10,16,26H,9,11H2,1-2H3,(H,27,28)(H,29,30);1-6,9,11,13,16,21H,7-8,10H2,(H,22,23)(H,24,25). The topological polar surface area (TPSA) is 695 Å². The lowest BCUT2D eigenvalue weighted by Crippen LogP contribution is -2.61. The summed E-state index contributed by atoms with van der Waals surface area (Å²) in [5.74, 6) is -6.43. The third-order valence-electron chi connectivity index (χ3n) is 20.8. The molecule has 9 heterocycles. The summed E-state index contributed by atoms with van der Waals surface area (Å²) in [6.45, 7) is 10.1. The summed E-state index contributed by atoms with van der Waals surface area (Å²) in [4.78, 5) is 183. The van der Waals surface area contributed by atoms with Crippen LogP contribution in [-0.4, -0.2) is 190 Å². The van der Waals surface area contributed by atoms with Gasteiger partial charge in [0, 0.05) is 137 Å². The number of rotatable bonds is 26. The van der Waals surface area contributed by atoms with Gasteiger partial charge in [0.05, 0.1) is 23.1 Å². The molecule has 48 nitrogen and oxygen atoms in total. The summed E-state index contributed by atoms with van der Waals surface area (Å²) < 4.78 is 221. The number of esters is 1. The molecule has 0 spiro atoms. The zero-order valence-electron chi connectivity index (χ0n) is 73.9. The summed E-state index contributed by atoms with van der Waals surface area (Å²) >= 11 is 0. The fourth-order valence-electron chi connectivity index (χ4n) is 13.2. The van der Waals surface area contributed by atoms with Gasteiger partial charge in [0.1, 0.15) is 65.0 Å². The van der Waals surface area contributed by atoms with E-state index in [2.05, 4.69) is 19.9 Å². The first-order chi connectivity index (χ1) is 65.3. The molecular formula is C81H91F3N6O42P8. The number of imide groups is 1. The van der Waals surface area contributed by atoms with Crippen molar-refractivity contribution < 1.29 is 212 Å². The number of carbonyl (C=O) groups is 7. The maximum atomic E-state index is 14.8. The molecule has 6 aliphatic rings. The van der Waals surface area contributed by atoms with Crippen molar-refractivity contribution in [3.63, 3.8) is 0 Å². The van der Waals surface area contributed by atoms with Crippen LogP contribution in [0.15, 0.2) is 177 Å². The molecule has 8 aromatic rings. The predicted molar refractivity (Wildman–Crippen MR) is 468 cm³/mol. The van der Waals surface area contributed by atoms with E-state index in [-0.39, 0.29) is 95.1 Å². The molecule has 9 unspecified atom stereocenters. The van der Waals surface area contributed by atoms with E-state index in [4.69, 9.17) is 69.3 Å². The second-order valence-corrected chi connectivity index (χ2v) is 49.4. The number of benzene rings is 4. The van der Waals surface area contributed by atoms with Crippen molar-refractivity contribution in [3.8, 4) is 23.0 Å². The first-order valence-corrected chi connectivity index (χ1v) is 53.9. The van der Waals surface area contributed by atoms with Gasteiger partial charge in [0.15, 0.2) is 0 Å². The molecule has 5 aliphatic heterocycles. The number of ether oxygens (including phenoxy) is 7. The number of nitrogens with zero attached hydrogens (tertiary/aromatic N) is 6. The van der Waals surface area contributed by atoms with Crippen molar-refractivity contribution in [2.24, 2.45) is 5.41 Å². The van der Waals surface area contributed by atoms with E-state index >= 15 is 0 Å². The Hall–Kier alpha value is -9.80. The molecule has 4 aromatic heterocycles. The van der Waals surface area contributed by atoms with Gasteiger partial charge in [-0.2, -0.15) is 0 Å². The van der Waals surface area contributed by atoms with E-state index in [1.807, 2.05) is 6.92 Å². The van der Waals surface area contributed by atoms with Gasteiger partial charge in [-0.25, -0.2) is 37.2 Å². The van der Waals surface area contributed by atoms with E-state index in [1.54, 1.807) is 20.8 Å². The maximum Gasteiger partial charge on any atom is 0.514 e. The van der Waals surface area contributed by atoms with Gasteiger partial charge in [-0.05, 0) is 117 Å². The molecular weight excluding hydrogens is 2030 g/mol. The summed E-state index contributed by atoms with van der Waals surface area (Å²) in [7, 11) is -42.2. The quantitative estimate of drug-likeness (QED) is 0.00787. The molecule has 6 fully saturated rings. The lowest BCUT2D eigenvalue weighted by Gasteiger charge is -2.41. The number of amides is 3. The fourth-order valence-corrected chi connectivity index (χ4v) is 27.5. The highest BCUT2D eigenvalue weighted by Crippen LogP contribution is 2.83. The number of pyridine rings is 4. The molecule has 5 saturated heterocycles. The van der Waals surface area contributed by atoms with Crippen LogP contribution in [0.5, 0.6) is 23.0 Å². The zero-order chi connectivity index (χ0) is 103. The minimum absolute atomic E-state index is 0.00922. The van der Waals surface area contributed by atoms with Crippen LogP contribution in [0.2, 0.25) is 0 Å². The van der Waals surface area contributed by atoms with E-state index in [1.165, 1.54) is 159 Å². The van der Waals surface area contributed by atoms with E-state index in [9.17, 15) is 143 Å². The number of β-lactam (4-membered cyclic amide) rings is 1. The molecule has 9 atom stereocenters. The Kier molecular flexibility index (Phi) is 34.9. The number of aromatic nitrogens is 4. The predicted octanol–water partition coefficient (Wildman–Crippen LogP) is 13.1. The van der Waals surface area contributed by atoms with Gasteiger partial charge in [-0.15, -0.1) is 0 Å². The van der Waals surface area contributed by atoms with Crippen molar-refractivity contribution >= 4 is 103 Å². The van der Waals surface area contributed by atoms with Gasteiger partial charge in [0.2, 0.25) is 31.1 Å². The molecule has 12 N–H and O–H groups in total. The SMILES string of the molecule is CC1(C)CN(C(=O)Oc2ccc(C3OP(=O)(O)C(O)(Cc4cccnc4)P(=O)(O)O3)c(F)c2)C1=O.CCC(=O)CC(C)OC(=O)Oc1cc(F)c(C2OP(=O)(O)C(O)(Cc3cccnc3)P(=O)(O)O2)c(F)c1.CCCN(CCOC(C)=O)C(=O)Oc1ccc(C2OP(=O)(O)C(O)(Cc3cccnc3)P(=O)(O)O2)cc1.O=C(Oc1ccccc1C1OP(=O)(O)C(O)(Cc2cccnc2)P(=O)(O)O1)OC1CC1. The molecule has 758 valence electrons. The van der Waals surface area contributed by atoms with Crippen molar-refractivity contribution in [1.29, 1.82) is 0 Å². The summed E-state index contributed by atoms with van der Waals surface area (Å²) in [6.07, 6.45) is -3.93. The molecule has 4 aromatic carbocycles. The summed E-state index contributed by atoms with van der Waals surface area (Å²) in [5.41, 5.74) is -1.88. The van der Waals surface area contributed by atoms with Crippen LogP contribution in [0.3, 0.4) is 0 Å². The lowest BCUT2D eigenvalue weighted by atomic mass is 9.84. The van der Waals surface area contributed by atoms with Crippen LogP contribution < -0.4 is 18.9 Å². The summed E-state index contributed by atoms with van der Waals surface area (Å²) in [6, 6.07) is 26.0. The van der Waals surface area contributed by atoms with Crippen molar-refractivity contribution in [2.75, 3.05) is 26.2 Å². The van der Waals surface area contributed by atoms with Crippen LogP contribution in [0.1, 0.15) is 143 Å². The smallest absolute Gasteiger partial charge is 0.464 e.